The summed E-state index contributed by atoms with van der Waals surface area (Å²) in [6.07, 6.45) is 5.10. The largest absolute Gasteiger partial charge is 0.294 e. The lowest BCUT2D eigenvalue weighted by Gasteiger charge is -2.31. The van der Waals surface area contributed by atoms with Crippen molar-refractivity contribution in [2.24, 2.45) is 11.8 Å². The molecule has 0 bridgehead atoms. The van der Waals surface area contributed by atoms with Crippen LogP contribution in [0.3, 0.4) is 0 Å². The van der Waals surface area contributed by atoms with E-state index < -0.39 is 0 Å². The number of Topliss-reactive ketones (excluding diaryl/α,β-unsaturated/α-hetero) is 1. The van der Waals surface area contributed by atoms with E-state index in [1.54, 1.807) is 6.92 Å². The number of hydrogen-bond acceptors (Lipinski definition) is 2. The zero-order valence-electron chi connectivity index (χ0n) is 8.54. The maximum absolute atomic E-state index is 11.8. The Labute approximate surface area is 83.7 Å². The SMILES string of the molecule is CC1=CCC2C(=O)C=C(C)C(=O)C2C1. The first-order valence-electron chi connectivity index (χ1n) is 5.01. The quantitative estimate of drug-likeness (QED) is 0.548. The van der Waals surface area contributed by atoms with E-state index in [9.17, 15) is 9.59 Å². The normalized spacial score (nSPS) is 32.1. The molecule has 0 spiro atoms. The van der Waals surface area contributed by atoms with Crippen molar-refractivity contribution in [3.8, 4) is 0 Å². The molecule has 0 heterocycles. The van der Waals surface area contributed by atoms with Crippen LogP contribution in [0.4, 0.5) is 0 Å². The summed E-state index contributed by atoms with van der Waals surface area (Å²) in [7, 11) is 0. The molecule has 0 N–H and O–H groups in total. The van der Waals surface area contributed by atoms with Crippen molar-refractivity contribution in [3.63, 3.8) is 0 Å². The highest BCUT2D eigenvalue weighted by Crippen LogP contribution is 2.35. The van der Waals surface area contributed by atoms with Gasteiger partial charge in [-0.2, -0.15) is 0 Å². The molecular weight excluding hydrogens is 176 g/mol. The van der Waals surface area contributed by atoms with E-state index in [4.69, 9.17) is 0 Å². The van der Waals surface area contributed by atoms with Gasteiger partial charge < -0.3 is 0 Å². The first-order chi connectivity index (χ1) is 6.59. The molecule has 0 radical (unpaired) electrons. The minimum Gasteiger partial charge on any atom is -0.294 e. The Morgan fingerprint density at radius 2 is 1.93 bits per heavy atom. The molecule has 0 aromatic carbocycles. The van der Waals surface area contributed by atoms with Crippen molar-refractivity contribution in [3.05, 3.63) is 23.3 Å². The van der Waals surface area contributed by atoms with Gasteiger partial charge in [0.05, 0.1) is 0 Å². The van der Waals surface area contributed by atoms with Gasteiger partial charge in [-0.15, -0.1) is 0 Å². The van der Waals surface area contributed by atoms with E-state index in [1.165, 1.54) is 11.6 Å². The standard InChI is InChI=1S/C12H14O2/c1-7-3-4-9-10(5-7)12(14)8(2)6-11(9)13/h3,6,9-10H,4-5H2,1-2H3. The number of allylic oxidation sites excluding steroid dienone is 4. The van der Waals surface area contributed by atoms with Crippen LogP contribution in [0.15, 0.2) is 23.3 Å². The second kappa shape index (κ2) is 3.19. The molecular formula is C12H14O2. The zero-order valence-corrected chi connectivity index (χ0v) is 8.54. The van der Waals surface area contributed by atoms with Crippen molar-refractivity contribution in [2.75, 3.05) is 0 Å². The van der Waals surface area contributed by atoms with Gasteiger partial charge in [0.1, 0.15) is 0 Å². The third-order valence-corrected chi connectivity index (χ3v) is 3.20. The number of fused-ring (bicyclic) bond motifs is 1. The Morgan fingerprint density at radius 3 is 2.64 bits per heavy atom. The van der Waals surface area contributed by atoms with Crippen molar-refractivity contribution in [1.82, 2.24) is 0 Å². The van der Waals surface area contributed by atoms with E-state index >= 15 is 0 Å². The van der Waals surface area contributed by atoms with Gasteiger partial charge in [-0.05, 0) is 38.3 Å². The molecule has 0 amide bonds. The number of hydrogen-bond donors (Lipinski definition) is 0. The highest BCUT2D eigenvalue weighted by atomic mass is 16.1. The summed E-state index contributed by atoms with van der Waals surface area (Å²) in [5.74, 6) is 0.158. The molecule has 0 aromatic heterocycles. The monoisotopic (exact) mass is 190 g/mol. The Bertz CT molecular complexity index is 361. The Kier molecular flexibility index (Phi) is 2.14. The average molecular weight is 190 g/mol. The van der Waals surface area contributed by atoms with Gasteiger partial charge in [0.15, 0.2) is 11.6 Å². The average Bonchev–Trinajstić information content (AvgIpc) is 2.14. The Balaban J connectivity index is 2.36. The highest BCUT2D eigenvalue weighted by Gasteiger charge is 2.38. The third kappa shape index (κ3) is 1.35. The van der Waals surface area contributed by atoms with Gasteiger partial charge in [-0.1, -0.05) is 11.6 Å². The summed E-state index contributed by atoms with van der Waals surface area (Å²) in [6, 6.07) is 0. The zero-order chi connectivity index (χ0) is 10.3. The Hall–Kier alpha value is -1.18. The lowest BCUT2D eigenvalue weighted by Crippen LogP contribution is -2.35. The van der Waals surface area contributed by atoms with Gasteiger partial charge >= 0.3 is 0 Å². The predicted octanol–water partition coefficient (Wildman–Crippen LogP) is 2.06. The summed E-state index contributed by atoms with van der Waals surface area (Å²) in [6.45, 7) is 3.77. The summed E-state index contributed by atoms with van der Waals surface area (Å²) in [4.78, 5) is 23.4. The minimum atomic E-state index is -0.0742. The molecule has 14 heavy (non-hydrogen) atoms. The first kappa shape index (κ1) is 9.38. The lowest BCUT2D eigenvalue weighted by atomic mass is 9.71. The second-order valence-electron chi connectivity index (χ2n) is 4.30. The van der Waals surface area contributed by atoms with E-state index in [-0.39, 0.29) is 23.4 Å². The van der Waals surface area contributed by atoms with E-state index in [0.29, 0.717) is 5.57 Å². The molecule has 2 nitrogen and oxygen atoms in total. The molecule has 0 saturated carbocycles. The van der Waals surface area contributed by atoms with Crippen LogP contribution in [0.25, 0.3) is 0 Å². The molecule has 0 aliphatic heterocycles. The summed E-state index contributed by atoms with van der Waals surface area (Å²) >= 11 is 0. The molecule has 2 rings (SSSR count). The van der Waals surface area contributed by atoms with Crippen molar-refractivity contribution in [2.45, 2.75) is 26.7 Å². The van der Waals surface area contributed by atoms with Gasteiger partial charge in [0.2, 0.25) is 0 Å². The molecule has 2 aliphatic rings. The van der Waals surface area contributed by atoms with Crippen LogP contribution in [0.5, 0.6) is 0 Å². The van der Waals surface area contributed by atoms with E-state index in [0.717, 1.165) is 12.8 Å². The smallest absolute Gasteiger partial charge is 0.162 e. The molecule has 0 fully saturated rings. The van der Waals surface area contributed by atoms with Gasteiger partial charge in [0.25, 0.3) is 0 Å². The first-order valence-corrected chi connectivity index (χ1v) is 5.01. The van der Waals surface area contributed by atoms with Crippen LogP contribution in [0.1, 0.15) is 26.7 Å². The maximum Gasteiger partial charge on any atom is 0.162 e. The van der Waals surface area contributed by atoms with Gasteiger partial charge in [0, 0.05) is 11.8 Å². The van der Waals surface area contributed by atoms with Crippen molar-refractivity contribution >= 4 is 11.6 Å². The fourth-order valence-electron chi connectivity index (χ4n) is 2.34. The minimum absolute atomic E-state index is 0.0718. The molecule has 0 saturated heterocycles. The van der Waals surface area contributed by atoms with Gasteiger partial charge in [-0.25, -0.2) is 0 Å². The van der Waals surface area contributed by atoms with Crippen molar-refractivity contribution in [1.29, 1.82) is 0 Å². The number of rotatable bonds is 0. The van der Waals surface area contributed by atoms with Crippen LogP contribution < -0.4 is 0 Å². The molecule has 0 aromatic rings. The lowest BCUT2D eigenvalue weighted by molar-refractivity contribution is -0.129. The maximum atomic E-state index is 11.8. The Morgan fingerprint density at radius 1 is 1.21 bits per heavy atom. The van der Waals surface area contributed by atoms with Crippen molar-refractivity contribution < 1.29 is 9.59 Å². The van der Waals surface area contributed by atoms with Gasteiger partial charge in [-0.3, -0.25) is 9.59 Å². The van der Waals surface area contributed by atoms with E-state index in [1.807, 2.05) is 6.92 Å². The summed E-state index contributed by atoms with van der Waals surface area (Å²) < 4.78 is 0. The van der Waals surface area contributed by atoms with Crippen LogP contribution in [-0.2, 0) is 9.59 Å². The predicted molar refractivity (Wildman–Crippen MR) is 53.7 cm³/mol. The van der Waals surface area contributed by atoms with Crippen LogP contribution in [-0.4, -0.2) is 11.6 Å². The second-order valence-corrected chi connectivity index (χ2v) is 4.30. The summed E-state index contributed by atoms with van der Waals surface area (Å²) in [5, 5.41) is 0. The van der Waals surface area contributed by atoms with Crippen LogP contribution in [0, 0.1) is 11.8 Å². The van der Waals surface area contributed by atoms with E-state index in [2.05, 4.69) is 6.08 Å². The fourth-order valence-corrected chi connectivity index (χ4v) is 2.34. The topological polar surface area (TPSA) is 34.1 Å². The van der Waals surface area contributed by atoms with Crippen LogP contribution >= 0.6 is 0 Å². The number of carbonyl (C=O) groups is 2. The number of ketones is 2. The van der Waals surface area contributed by atoms with Crippen LogP contribution in [0.2, 0.25) is 0 Å². The molecule has 2 aliphatic carbocycles. The summed E-state index contributed by atoms with van der Waals surface area (Å²) in [5.41, 5.74) is 1.87. The highest BCUT2D eigenvalue weighted by molar-refractivity contribution is 6.10. The molecule has 2 heteroatoms. The third-order valence-electron chi connectivity index (χ3n) is 3.20. The fraction of sp³-hybridized carbons (Fsp3) is 0.500. The molecule has 74 valence electrons. The molecule has 2 atom stereocenters. The molecule has 2 unspecified atom stereocenters. The number of carbonyl (C=O) groups excluding carboxylic acids is 2.